The highest BCUT2D eigenvalue weighted by molar-refractivity contribution is 6.20. The molecule has 0 unspecified atom stereocenters. The van der Waals surface area contributed by atoms with Gasteiger partial charge in [0.25, 0.3) is 0 Å². The number of carbonyl (C=O) groups is 3. The van der Waals surface area contributed by atoms with Crippen LogP contribution in [0.1, 0.15) is 25.7 Å². The third-order valence-electron chi connectivity index (χ3n) is 3.15. The molecule has 0 atom stereocenters. The number of urea groups is 1. The zero-order chi connectivity index (χ0) is 13.6. The van der Waals surface area contributed by atoms with Crippen molar-refractivity contribution in [2.24, 2.45) is 5.41 Å². The summed E-state index contributed by atoms with van der Waals surface area (Å²) in [4.78, 5) is 35.4. The number of nitrogens with zero attached hydrogens (tertiary/aromatic N) is 1. The first-order valence-electron chi connectivity index (χ1n) is 5.50. The smallest absolute Gasteiger partial charge is 0.277 e. The van der Waals surface area contributed by atoms with Gasteiger partial charge in [-0.05, 0) is 19.3 Å². The van der Waals surface area contributed by atoms with Gasteiger partial charge in [0.15, 0.2) is 0 Å². The second-order valence-electron chi connectivity index (χ2n) is 4.52. The van der Waals surface area contributed by atoms with Gasteiger partial charge in [-0.2, -0.15) is 13.2 Å². The highest BCUT2D eigenvalue weighted by Gasteiger charge is 2.62. The van der Waals surface area contributed by atoms with E-state index in [1.165, 1.54) is 0 Å². The molecule has 8 heteroatoms. The number of carbonyl (C=O) groups excluding carboxylic acids is 3. The van der Waals surface area contributed by atoms with Crippen molar-refractivity contribution in [2.45, 2.75) is 31.9 Å². The molecule has 100 valence electrons. The lowest BCUT2D eigenvalue weighted by Gasteiger charge is -2.30. The van der Waals surface area contributed by atoms with Crippen LogP contribution >= 0.6 is 0 Å². The topological polar surface area (TPSA) is 66.5 Å². The Balaban J connectivity index is 1.97. The van der Waals surface area contributed by atoms with E-state index in [0.717, 1.165) is 0 Å². The largest absolute Gasteiger partial charge is 0.389 e. The van der Waals surface area contributed by atoms with E-state index in [9.17, 15) is 27.6 Å². The molecule has 1 saturated heterocycles. The molecule has 1 saturated carbocycles. The number of imide groups is 2. The fourth-order valence-corrected chi connectivity index (χ4v) is 1.94. The second-order valence-corrected chi connectivity index (χ2v) is 4.52. The molecular weight excluding hydrogens is 253 g/mol. The van der Waals surface area contributed by atoms with E-state index < -0.39 is 35.9 Å². The second kappa shape index (κ2) is 3.96. The van der Waals surface area contributed by atoms with Crippen LogP contribution in [0.25, 0.3) is 0 Å². The third kappa shape index (κ3) is 2.19. The molecule has 18 heavy (non-hydrogen) atoms. The van der Waals surface area contributed by atoms with Crippen LogP contribution < -0.4 is 5.32 Å². The molecule has 0 aromatic heterocycles. The van der Waals surface area contributed by atoms with Gasteiger partial charge in [0.1, 0.15) is 5.41 Å². The molecule has 2 aliphatic rings. The Morgan fingerprint density at radius 1 is 1.22 bits per heavy atom. The summed E-state index contributed by atoms with van der Waals surface area (Å²) in [6, 6.07) is -0.926. The van der Waals surface area contributed by atoms with Crippen LogP contribution in [0.3, 0.4) is 0 Å². The Kier molecular flexibility index (Phi) is 2.83. The lowest BCUT2D eigenvalue weighted by molar-refractivity contribution is -0.147. The number of hydrogen-bond acceptors (Lipinski definition) is 3. The van der Waals surface area contributed by atoms with Gasteiger partial charge in [-0.15, -0.1) is 0 Å². The first kappa shape index (κ1) is 12.8. The lowest BCUT2D eigenvalue weighted by Crippen LogP contribution is -2.59. The molecule has 0 aromatic carbocycles. The minimum Gasteiger partial charge on any atom is -0.277 e. The first-order valence-corrected chi connectivity index (χ1v) is 5.50. The molecule has 0 bridgehead atoms. The Hall–Kier alpha value is -1.60. The fourth-order valence-electron chi connectivity index (χ4n) is 1.94. The van der Waals surface area contributed by atoms with Gasteiger partial charge < -0.3 is 0 Å². The van der Waals surface area contributed by atoms with Gasteiger partial charge in [0.05, 0.1) is 0 Å². The number of nitrogens with one attached hydrogen (secondary N) is 1. The normalized spacial score (nSPS) is 22.4. The minimum atomic E-state index is -4.32. The van der Waals surface area contributed by atoms with Gasteiger partial charge >= 0.3 is 12.2 Å². The van der Waals surface area contributed by atoms with Gasteiger partial charge in [0.2, 0.25) is 11.8 Å². The van der Waals surface area contributed by atoms with E-state index in [4.69, 9.17) is 0 Å². The standard InChI is InChI=1S/C10H11F3N2O3/c11-10(12,13)2-1-5-15-7(17)9(3-4-9)6(16)14-8(15)18/h1-5H2,(H,14,16,18). The van der Waals surface area contributed by atoms with Crippen molar-refractivity contribution in [3.05, 3.63) is 0 Å². The Bertz CT molecular complexity index is 415. The monoisotopic (exact) mass is 264 g/mol. The Morgan fingerprint density at radius 3 is 2.33 bits per heavy atom. The van der Waals surface area contributed by atoms with Crippen molar-refractivity contribution < 1.29 is 27.6 Å². The average Bonchev–Trinajstić information content (AvgIpc) is 3.00. The third-order valence-corrected chi connectivity index (χ3v) is 3.15. The van der Waals surface area contributed by atoms with Crippen LogP contribution in [0.15, 0.2) is 0 Å². The van der Waals surface area contributed by atoms with E-state index in [1.54, 1.807) is 0 Å². The molecule has 0 radical (unpaired) electrons. The van der Waals surface area contributed by atoms with Crippen molar-refractivity contribution in [2.75, 3.05) is 6.54 Å². The van der Waals surface area contributed by atoms with Crippen LogP contribution in [-0.4, -0.2) is 35.5 Å². The van der Waals surface area contributed by atoms with Gasteiger partial charge in [-0.25, -0.2) is 4.79 Å². The summed E-state index contributed by atoms with van der Waals surface area (Å²) in [5, 5.41) is 2.01. The van der Waals surface area contributed by atoms with Gasteiger partial charge in [0, 0.05) is 13.0 Å². The summed E-state index contributed by atoms with van der Waals surface area (Å²) >= 11 is 0. The lowest BCUT2D eigenvalue weighted by atomic mass is 10.0. The quantitative estimate of drug-likeness (QED) is 0.778. The van der Waals surface area contributed by atoms with Gasteiger partial charge in [-0.3, -0.25) is 19.8 Å². The van der Waals surface area contributed by atoms with Crippen LogP contribution in [0.5, 0.6) is 0 Å². The summed E-state index contributed by atoms with van der Waals surface area (Å²) in [6.07, 6.45) is -5.04. The molecule has 5 nitrogen and oxygen atoms in total. The summed E-state index contributed by atoms with van der Waals surface area (Å²) in [5.41, 5.74) is -1.19. The minimum absolute atomic E-state index is 0.320. The molecule has 1 spiro atoms. The summed E-state index contributed by atoms with van der Waals surface area (Å²) < 4.78 is 35.9. The molecule has 1 heterocycles. The SMILES string of the molecule is O=C1NC(=O)C2(CC2)C(=O)N1CCCC(F)(F)F. The maximum absolute atomic E-state index is 12.0. The number of rotatable bonds is 3. The number of amides is 4. The van der Waals surface area contributed by atoms with Crippen molar-refractivity contribution in [1.29, 1.82) is 0 Å². The molecule has 2 fully saturated rings. The fraction of sp³-hybridized carbons (Fsp3) is 0.700. The first-order chi connectivity index (χ1) is 8.26. The number of hydrogen-bond donors (Lipinski definition) is 1. The van der Waals surface area contributed by atoms with Crippen molar-refractivity contribution in [3.63, 3.8) is 0 Å². The zero-order valence-electron chi connectivity index (χ0n) is 9.34. The highest BCUT2D eigenvalue weighted by atomic mass is 19.4. The van der Waals surface area contributed by atoms with Crippen LogP contribution in [0.4, 0.5) is 18.0 Å². The average molecular weight is 264 g/mol. The molecule has 0 aromatic rings. The summed E-state index contributed by atoms with van der Waals surface area (Å²) in [6.45, 7) is -0.320. The van der Waals surface area contributed by atoms with Crippen LogP contribution in [-0.2, 0) is 9.59 Å². The Labute approximate surface area is 100 Å². The molecule has 1 aliphatic heterocycles. The van der Waals surface area contributed by atoms with Crippen molar-refractivity contribution in [3.8, 4) is 0 Å². The summed E-state index contributed by atoms with van der Waals surface area (Å²) in [5.74, 6) is -1.30. The van der Waals surface area contributed by atoms with E-state index in [-0.39, 0.29) is 13.0 Å². The van der Waals surface area contributed by atoms with Crippen LogP contribution in [0, 0.1) is 5.41 Å². The van der Waals surface area contributed by atoms with E-state index in [1.807, 2.05) is 5.32 Å². The Morgan fingerprint density at radius 2 is 1.83 bits per heavy atom. The van der Waals surface area contributed by atoms with Crippen molar-refractivity contribution >= 4 is 17.8 Å². The van der Waals surface area contributed by atoms with E-state index in [0.29, 0.717) is 17.7 Å². The maximum atomic E-state index is 12.0. The predicted molar refractivity (Wildman–Crippen MR) is 52.2 cm³/mol. The molecule has 4 amide bonds. The van der Waals surface area contributed by atoms with E-state index >= 15 is 0 Å². The highest BCUT2D eigenvalue weighted by Crippen LogP contribution is 2.49. The molecule has 2 rings (SSSR count). The predicted octanol–water partition coefficient (Wildman–Crippen LogP) is 1.19. The molecule has 1 N–H and O–H groups in total. The maximum Gasteiger partial charge on any atom is 0.389 e. The van der Waals surface area contributed by atoms with E-state index in [2.05, 4.69) is 0 Å². The number of halogens is 3. The zero-order valence-corrected chi connectivity index (χ0v) is 9.34. The van der Waals surface area contributed by atoms with Crippen LogP contribution in [0.2, 0.25) is 0 Å². The molecular formula is C10H11F3N2O3. The van der Waals surface area contributed by atoms with Gasteiger partial charge in [-0.1, -0.05) is 0 Å². The number of barbiturate groups is 1. The molecule has 1 aliphatic carbocycles. The van der Waals surface area contributed by atoms with Crippen molar-refractivity contribution in [1.82, 2.24) is 10.2 Å². The number of alkyl halides is 3. The summed E-state index contributed by atoms with van der Waals surface area (Å²) in [7, 11) is 0.